The zero-order valence-corrected chi connectivity index (χ0v) is 12.2. The molecule has 6 heteroatoms. The van der Waals surface area contributed by atoms with E-state index in [0.717, 1.165) is 12.2 Å². The lowest BCUT2D eigenvalue weighted by Gasteiger charge is -2.12. The highest BCUT2D eigenvalue weighted by molar-refractivity contribution is 7.98. The number of hydrogen-bond acceptors (Lipinski definition) is 6. The lowest BCUT2D eigenvalue weighted by Crippen LogP contribution is -2.10. The van der Waals surface area contributed by atoms with Crippen LogP contribution in [0.3, 0.4) is 0 Å². The molecule has 0 spiro atoms. The Balaban J connectivity index is 2.79. The number of carbonyl (C=O) groups excluding carboxylic acids is 1. The first-order valence-electron chi connectivity index (χ1n) is 5.81. The molecule has 0 aliphatic rings. The molecule has 0 bridgehead atoms. The predicted molar refractivity (Wildman–Crippen MR) is 77.2 cm³/mol. The van der Waals surface area contributed by atoms with E-state index in [-0.39, 0.29) is 0 Å². The minimum Gasteiger partial charge on any atom is -0.493 e. The molecule has 106 valence electrons. The Morgan fingerprint density at radius 3 is 2.47 bits per heavy atom. The molecule has 2 N–H and O–H groups in total. The minimum atomic E-state index is -0.445. The summed E-state index contributed by atoms with van der Waals surface area (Å²) in [5.41, 5.74) is 6.42. The summed E-state index contributed by atoms with van der Waals surface area (Å²) in [6.07, 6.45) is 2.83. The quantitative estimate of drug-likeness (QED) is 0.470. The van der Waals surface area contributed by atoms with Gasteiger partial charge in [0.15, 0.2) is 11.5 Å². The molecule has 0 amide bonds. The van der Waals surface area contributed by atoms with Crippen molar-refractivity contribution in [1.29, 1.82) is 0 Å². The van der Waals surface area contributed by atoms with Crippen molar-refractivity contribution in [2.45, 2.75) is 6.42 Å². The van der Waals surface area contributed by atoms with Crippen LogP contribution in [0.25, 0.3) is 0 Å². The van der Waals surface area contributed by atoms with Gasteiger partial charge in [0.1, 0.15) is 0 Å². The first-order valence-corrected chi connectivity index (χ1v) is 7.21. The van der Waals surface area contributed by atoms with Crippen molar-refractivity contribution >= 4 is 23.4 Å². The number of nitrogens with two attached hydrogens (primary N) is 1. The van der Waals surface area contributed by atoms with Crippen molar-refractivity contribution in [3.8, 4) is 11.5 Å². The van der Waals surface area contributed by atoms with Crippen molar-refractivity contribution in [1.82, 2.24) is 0 Å². The fourth-order valence-corrected chi connectivity index (χ4v) is 1.92. The highest BCUT2D eigenvalue weighted by atomic mass is 32.2. The topological polar surface area (TPSA) is 70.8 Å². The zero-order chi connectivity index (χ0) is 14.3. The zero-order valence-electron chi connectivity index (χ0n) is 11.4. The van der Waals surface area contributed by atoms with Gasteiger partial charge in [0.2, 0.25) is 0 Å². The van der Waals surface area contributed by atoms with Crippen molar-refractivity contribution in [2.75, 3.05) is 38.6 Å². The van der Waals surface area contributed by atoms with Gasteiger partial charge in [-0.3, -0.25) is 0 Å². The second-order valence-corrected chi connectivity index (χ2v) is 4.76. The molecule has 19 heavy (non-hydrogen) atoms. The number of methoxy groups -OCH3 is 2. The molecular formula is C13H19NO4S. The van der Waals surface area contributed by atoms with Crippen molar-refractivity contribution in [3.63, 3.8) is 0 Å². The van der Waals surface area contributed by atoms with Crippen LogP contribution in [-0.2, 0) is 4.74 Å². The predicted octanol–water partition coefficient (Wildman–Crippen LogP) is 2.20. The molecule has 0 aromatic heterocycles. The lowest BCUT2D eigenvalue weighted by atomic mass is 10.1. The van der Waals surface area contributed by atoms with E-state index in [1.54, 1.807) is 17.8 Å². The summed E-state index contributed by atoms with van der Waals surface area (Å²) in [6, 6.07) is 3.09. The molecule has 1 aromatic carbocycles. The van der Waals surface area contributed by atoms with E-state index in [0.29, 0.717) is 29.4 Å². The smallest absolute Gasteiger partial charge is 0.340 e. The number of esters is 1. The molecular weight excluding hydrogens is 266 g/mol. The highest BCUT2D eigenvalue weighted by Crippen LogP contribution is 2.32. The minimum absolute atomic E-state index is 0.293. The molecule has 0 radical (unpaired) electrons. The van der Waals surface area contributed by atoms with Gasteiger partial charge < -0.3 is 19.9 Å². The second-order valence-electron chi connectivity index (χ2n) is 3.78. The molecule has 0 unspecified atom stereocenters. The summed E-state index contributed by atoms with van der Waals surface area (Å²) >= 11 is 1.71. The molecule has 0 saturated carbocycles. The first kappa shape index (κ1) is 15.5. The number of hydrogen-bond donors (Lipinski definition) is 1. The molecule has 0 aliphatic carbocycles. The van der Waals surface area contributed by atoms with Gasteiger partial charge in [-0.25, -0.2) is 4.79 Å². The van der Waals surface area contributed by atoms with Gasteiger partial charge in [-0.05, 0) is 18.4 Å². The van der Waals surface area contributed by atoms with Gasteiger partial charge in [0, 0.05) is 12.1 Å². The van der Waals surface area contributed by atoms with Gasteiger partial charge >= 0.3 is 5.97 Å². The van der Waals surface area contributed by atoms with E-state index in [1.807, 2.05) is 6.26 Å². The molecule has 5 nitrogen and oxygen atoms in total. The van der Waals surface area contributed by atoms with Crippen LogP contribution in [0.1, 0.15) is 16.8 Å². The van der Waals surface area contributed by atoms with Crippen LogP contribution in [0.2, 0.25) is 0 Å². The maximum Gasteiger partial charge on any atom is 0.340 e. The number of thioether (sulfide) groups is 1. The molecule has 0 fully saturated rings. The van der Waals surface area contributed by atoms with Crippen LogP contribution >= 0.6 is 11.8 Å². The van der Waals surface area contributed by atoms with E-state index < -0.39 is 5.97 Å². The molecule has 0 atom stereocenters. The highest BCUT2D eigenvalue weighted by Gasteiger charge is 2.16. The SMILES string of the molecule is COc1cc(N)c(C(=O)OCCCSC)cc1OC. The van der Waals surface area contributed by atoms with Crippen LogP contribution in [0.5, 0.6) is 11.5 Å². The first-order chi connectivity index (χ1) is 9.13. The third-order valence-corrected chi connectivity index (χ3v) is 3.20. The van der Waals surface area contributed by atoms with E-state index in [2.05, 4.69) is 0 Å². The van der Waals surface area contributed by atoms with Crippen LogP contribution in [0.15, 0.2) is 12.1 Å². The van der Waals surface area contributed by atoms with Gasteiger partial charge in [-0.15, -0.1) is 0 Å². The summed E-state index contributed by atoms with van der Waals surface area (Å²) in [5, 5.41) is 0. The van der Waals surface area contributed by atoms with E-state index >= 15 is 0 Å². The fraction of sp³-hybridized carbons (Fsp3) is 0.462. The van der Waals surface area contributed by atoms with E-state index in [4.69, 9.17) is 19.9 Å². The van der Waals surface area contributed by atoms with E-state index in [9.17, 15) is 4.79 Å². The number of rotatable bonds is 7. The largest absolute Gasteiger partial charge is 0.493 e. The number of carbonyl (C=O) groups is 1. The number of nitrogen functional groups attached to an aromatic ring is 1. The Labute approximate surface area is 117 Å². The fourth-order valence-electron chi connectivity index (χ4n) is 1.52. The molecule has 1 rings (SSSR count). The number of anilines is 1. The maximum absolute atomic E-state index is 11.9. The maximum atomic E-state index is 11.9. The molecule has 0 heterocycles. The Bertz CT molecular complexity index is 437. The Morgan fingerprint density at radius 1 is 1.26 bits per heavy atom. The van der Waals surface area contributed by atoms with Gasteiger partial charge in [-0.1, -0.05) is 0 Å². The Morgan fingerprint density at radius 2 is 1.89 bits per heavy atom. The molecule has 1 aromatic rings. The van der Waals surface area contributed by atoms with Gasteiger partial charge in [0.05, 0.1) is 32.1 Å². The lowest BCUT2D eigenvalue weighted by molar-refractivity contribution is 0.0507. The molecule has 0 saturated heterocycles. The third-order valence-electron chi connectivity index (χ3n) is 2.50. The number of ether oxygens (including phenoxy) is 3. The monoisotopic (exact) mass is 285 g/mol. The van der Waals surface area contributed by atoms with Crippen LogP contribution in [0, 0.1) is 0 Å². The van der Waals surface area contributed by atoms with Gasteiger partial charge in [-0.2, -0.15) is 11.8 Å². The average Bonchev–Trinajstić information content (AvgIpc) is 2.42. The van der Waals surface area contributed by atoms with Crippen molar-refractivity contribution < 1.29 is 19.0 Å². The van der Waals surface area contributed by atoms with Crippen molar-refractivity contribution in [3.05, 3.63) is 17.7 Å². The summed E-state index contributed by atoms with van der Waals surface area (Å²) in [4.78, 5) is 11.9. The number of benzene rings is 1. The summed E-state index contributed by atoms with van der Waals surface area (Å²) in [7, 11) is 3.01. The van der Waals surface area contributed by atoms with Crippen LogP contribution in [0.4, 0.5) is 5.69 Å². The van der Waals surface area contributed by atoms with Crippen LogP contribution < -0.4 is 15.2 Å². The van der Waals surface area contributed by atoms with Crippen LogP contribution in [-0.4, -0.2) is 38.8 Å². The van der Waals surface area contributed by atoms with Crippen molar-refractivity contribution in [2.24, 2.45) is 0 Å². The Kier molecular flexibility index (Phi) is 6.35. The van der Waals surface area contributed by atoms with E-state index in [1.165, 1.54) is 20.3 Å². The standard InChI is InChI=1S/C13H19NO4S/c1-16-11-7-9(10(14)8-12(11)17-2)13(15)18-5-4-6-19-3/h7-8H,4-6,14H2,1-3H3. The normalized spacial score (nSPS) is 10.1. The Hall–Kier alpha value is -1.56. The average molecular weight is 285 g/mol. The second kappa shape index (κ2) is 7.78. The molecule has 0 aliphatic heterocycles. The third kappa shape index (κ3) is 4.24. The summed E-state index contributed by atoms with van der Waals surface area (Å²) in [6.45, 7) is 0.382. The summed E-state index contributed by atoms with van der Waals surface area (Å²) in [5.74, 6) is 1.44. The van der Waals surface area contributed by atoms with Gasteiger partial charge in [0.25, 0.3) is 0 Å². The summed E-state index contributed by atoms with van der Waals surface area (Å²) < 4.78 is 15.4.